The van der Waals surface area contributed by atoms with Crippen LogP contribution in [0.25, 0.3) is 0 Å². The van der Waals surface area contributed by atoms with Crippen LogP contribution >= 0.6 is 23.4 Å². The van der Waals surface area contributed by atoms with Crippen LogP contribution < -0.4 is 10.1 Å². The molecule has 0 radical (unpaired) electrons. The average molecular weight is 408 g/mol. The van der Waals surface area contributed by atoms with Crippen LogP contribution in [0, 0.1) is 5.82 Å². The molecular formula is C18H15ClFN3O3S. The van der Waals surface area contributed by atoms with Gasteiger partial charge in [0, 0.05) is 10.7 Å². The van der Waals surface area contributed by atoms with E-state index in [1.54, 1.807) is 31.2 Å². The highest BCUT2D eigenvalue weighted by atomic mass is 35.5. The van der Waals surface area contributed by atoms with E-state index in [1.165, 1.54) is 24.3 Å². The van der Waals surface area contributed by atoms with Gasteiger partial charge in [0.25, 0.3) is 11.1 Å². The highest BCUT2D eigenvalue weighted by Crippen LogP contribution is 2.24. The van der Waals surface area contributed by atoms with Crippen LogP contribution in [-0.2, 0) is 11.4 Å². The lowest BCUT2D eigenvalue weighted by molar-refractivity contribution is -0.115. The van der Waals surface area contributed by atoms with Crippen molar-refractivity contribution in [3.63, 3.8) is 0 Å². The maximum Gasteiger partial charge on any atom is 0.277 e. The van der Waals surface area contributed by atoms with Crippen LogP contribution in [0.15, 0.2) is 58.2 Å². The Morgan fingerprint density at radius 2 is 1.93 bits per heavy atom. The van der Waals surface area contributed by atoms with E-state index >= 15 is 0 Å². The first-order chi connectivity index (χ1) is 13.0. The topological polar surface area (TPSA) is 77.2 Å². The normalized spacial score (nSPS) is 11.8. The van der Waals surface area contributed by atoms with Gasteiger partial charge in [-0.3, -0.25) is 4.79 Å². The summed E-state index contributed by atoms with van der Waals surface area (Å²) in [6.45, 7) is 1.81. The molecule has 1 amide bonds. The zero-order valence-corrected chi connectivity index (χ0v) is 15.8. The fraction of sp³-hybridized carbons (Fsp3) is 0.167. The van der Waals surface area contributed by atoms with E-state index in [9.17, 15) is 9.18 Å². The maximum atomic E-state index is 12.9. The minimum Gasteiger partial charge on any atom is -0.484 e. The molecule has 2 aromatic carbocycles. The first-order valence-corrected chi connectivity index (χ1v) is 9.19. The van der Waals surface area contributed by atoms with Crippen molar-refractivity contribution < 1.29 is 18.3 Å². The van der Waals surface area contributed by atoms with Crippen molar-refractivity contribution >= 4 is 35.0 Å². The third-order valence-corrected chi connectivity index (χ3v) is 4.57. The Morgan fingerprint density at radius 3 is 2.63 bits per heavy atom. The highest BCUT2D eigenvalue weighted by molar-refractivity contribution is 8.00. The summed E-state index contributed by atoms with van der Waals surface area (Å²) in [5, 5.41) is 10.9. The number of carbonyl (C=O) groups is 1. The monoisotopic (exact) mass is 407 g/mol. The summed E-state index contributed by atoms with van der Waals surface area (Å²) in [4.78, 5) is 12.2. The van der Waals surface area contributed by atoms with Crippen LogP contribution in [0.2, 0.25) is 5.02 Å². The number of anilines is 1. The van der Waals surface area contributed by atoms with Gasteiger partial charge in [-0.25, -0.2) is 4.39 Å². The molecule has 3 rings (SSSR count). The Kier molecular flexibility index (Phi) is 6.31. The van der Waals surface area contributed by atoms with E-state index < -0.39 is 5.25 Å². The molecule has 0 aliphatic rings. The highest BCUT2D eigenvalue weighted by Gasteiger charge is 2.18. The van der Waals surface area contributed by atoms with Gasteiger partial charge in [0.15, 0.2) is 6.61 Å². The number of carbonyl (C=O) groups excluding carboxylic acids is 1. The van der Waals surface area contributed by atoms with Crippen molar-refractivity contribution in [2.24, 2.45) is 0 Å². The van der Waals surface area contributed by atoms with Gasteiger partial charge < -0.3 is 14.5 Å². The summed E-state index contributed by atoms with van der Waals surface area (Å²) in [7, 11) is 0. The van der Waals surface area contributed by atoms with Crippen molar-refractivity contribution in [3.05, 3.63) is 65.3 Å². The second-order valence-corrected chi connectivity index (χ2v) is 7.19. The molecule has 0 aliphatic heterocycles. The molecule has 0 fully saturated rings. The molecule has 140 valence electrons. The lowest BCUT2D eigenvalue weighted by atomic mass is 10.3. The van der Waals surface area contributed by atoms with E-state index in [2.05, 4.69) is 15.5 Å². The van der Waals surface area contributed by atoms with Crippen LogP contribution in [0.4, 0.5) is 10.1 Å². The van der Waals surface area contributed by atoms with Crippen LogP contribution in [0.3, 0.4) is 0 Å². The molecule has 0 saturated heterocycles. The standard InChI is InChI=1S/C18H15ClFN3O3S/c1-11(17(24)21-14-6-4-13(20)5-7-14)27-18-23-22-16(26-18)10-25-15-8-2-12(19)3-9-15/h2-9,11H,10H2,1H3,(H,21,24)/t11-/m1/s1. The summed E-state index contributed by atoms with van der Waals surface area (Å²) >= 11 is 6.93. The van der Waals surface area contributed by atoms with Gasteiger partial charge in [-0.1, -0.05) is 23.4 Å². The van der Waals surface area contributed by atoms with Crippen molar-refractivity contribution in [3.8, 4) is 5.75 Å². The lowest BCUT2D eigenvalue weighted by Crippen LogP contribution is -2.22. The van der Waals surface area contributed by atoms with Crippen LogP contribution in [0.5, 0.6) is 5.75 Å². The summed E-state index contributed by atoms with van der Waals surface area (Å²) in [6, 6.07) is 12.4. The largest absolute Gasteiger partial charge is 0.484 e. The van der Waals surface area contributed by atoms with Gasteiger partial charge in [0.05, 0.1) is 5.25 Å². The predicted octanol–water partition coefficient (Wildman–Crippen LogP) is 4.56. The van der Waals surface area contributed by atoms with E-state index in [-0.39, 0.29) is 23.6 Å². The summed E-state index contributed by atoms with van der Waals surface area (Å²) in [6.07, 6.45) is 0. The van der Waals surface area contributed by atoms with Gasteiger partial charge in [-0.2, -0.15) is 0 Å². The number of rotatable bonds is 7. The Balaban J connectivity index is 1.50. The van der Waals surface area contributed by atoms with Gasteiger partial charge in [-0.05, 0) is 55.5 Å². The molecule has 0 aliphatic carbocycles. The summed E-state index contributed by atoms with van der Waals surface area (Å²) in [5.74, 6) is 0.288. The fourth-order valence-electron chi connectivity index (χ4n) is 2.00. The zero-order valence-electron chi connectivity index (χ0n) is 14.2. The van der Waals surface area contributed by atoms with Gasteiger partial charge in [0.1, 0.15) is 11.6 Å². The number of aromatic nitrogens is 2. The third-order valence-electron chi connectivity index (χ3n) is 3.38. The first-order valence-electron chi connectivity index (χ1n) is 7.93. The molecule has 0 spiro atoms. The number of nitrogens with one attached hydrogen (secondary N) is 1. The molecule has 0 unspecified atom stereocenters. The van der Waals surface area contributed by atoms with Gasteiger partial charge >= 0.3 is 0 Å². The molecule has 0 bridgehead atoms. The smallest absolute Gasteiger partial charge is 0.277 e. The zero-order chi connectivity index (χ0) is 19.2. The minimum absolute atomic E-state index is 0.103. The molecule has 6 nitrogen and oxygen atoms in total. The van der Waals surface area contributed by atoms with E-state index in [4.69, 9.17) is 20.8 Å². The Morgan fingerprint density at radius 1 is 1.22 bits per heavy atom. The molecule has 1 atom stereocenters. The molecule has 9 heteroatoms. The van der Waals surface area contributed by atoms with Crippen LogP contribution in [-0.4, -0.2) is 21.4 Å². The predicted molar refractivity (Wildman–Crippen MR) is 100 cm³/mol. The Hall–Kier alpha value is -2.58. The van der Waals surface area contributed by atoms with Crippen molar-refractivity contribution in [1.29, 1.82) is 0 Å². The number of thioether (sulfide) groups is 1. The van der Waals surface area contributed by atoms with Gasteiger partial charge in [-0.15, -0.1) is 10.2 Å². The molecular weight excluding hydrogens is 393 g/mol. The lowest BCUT2D eigenvalue weighted by Gasteiger charge is -2.09. The molecule has 1 aromatic heterocycles. The number of nitrogens with zero attached hydrogens (tertiary/aromatic N) is 2. The SMILES string of the molecule is C[C@@H](Sc1nnc(COc2ccc(Cl)cc2)o1)C(=O)Nc1ccc(F)cc1. The number of halogens is 2. The van der Waals surface area contributed by atoms with E-state index in [0.29, 0.717) is 22.4 Å². The number of hydrogen-bond donors (Lipinski definition) is 1. The number of ether oxygens (including phenoxy) is 1. The third kappa shape index (κ3) is 5.70. The number of amides is 1. The number of hydrogen-bond acceptors (Lipinski definition) is 6. The quantitative estimate of drug-likeness (QED) is 0.578. The van der Waals surface area contributed by atoms with Gasteiger partial charge in [0.2, 0.25) is 5.91 Å². The maximum absolute atomic E-state index is 12.9. The molecule has 27 heavy (non-hydrogen) atoms. The van der Waals surface area contributed by atoms with Crippen molar-refractivity contribution in [2.45, 2.75) is 24.0 Å². The average Bonchev–Trinajstić information content (AvgIpc) is 3.10. The summed E-state index contributed by atoms with van der Waals surface area (Å²) in [5.41, 5.74) is 0.511. The van der Waals surface area contributed by atoms with E-state index in [1.807, 2.05) is 0 Å². The Labute approximate surface area is 164 Å². The second-order valence-electron chi connectivity index (χ2n) is 5.46. The molecule has 3 aromatic rings. The summed E-state index contributed by atoms with van der Waals surface area (Å²) < 4.78 is 23.9. The van der Waals surface area contributed by atoms with Crippen molar-refractivity contribution in [1.82, 2.24) is 10.2 Å². The Bertz CT molecular complexity index is 903. The number of benzene rings is 2. The van der Waals surface area contributed by atoms with Crippen LogP contribution in [0.1, 0.15) is 12.8 Å². The molecule has 1 N–H and O–H groups in total. The fourth-order valence-corrected chi connectivity index (χ4v) is 2.83. The first kappa shape index (κ1) is 19.2. The molecule has 1 heterocycles. The van der Waals surface area contributed by atoms with E-state index in [0.717, 1.165) is 11.8 Å². The second kappa shape index (κ2) is 8.88. The van der Waals surface area contributed by atoms with Crippen molar-refractivity contribution in [2.75, 3.05) is 5.32 Å². The molecule has 0 saturated carbocycles. The minimum atomic E-state index is -0.486.